The van der Waals surface area contributed by atoms with Gasteiger partial charge in [-0.25, -0.2) is 8.42 Å². The third kappa shape index (κ3) is 5.49. The minimum Gasteiger partial charge on any atom is -0.342 e. The van der Waals surface area contributed by atoms with Crippen LogP contribution in [0.1, 0.15) is 25.8 Å². The van der Waals surface area contributed by atoms with Crippen molar-refractivity contribution in [3.63, 3.8) is 0 Å². The summed E-state index contributed by atoms with van der Waals surface area (Å²) < 4.78 is 27.0. The predicted octanol–water partition coefficient (Wildman–Crippen LogP) is 3.40. The standard InChI is InChI=1S/C23H28ClN3O4S/c1-3-27(4-2)32(30,31)21-15-19(10-11-20(21)24)25-23(29)18-14-22(28)26(16-18)13-12-17-8-6-5-7-9-17/h5-11,15,18H,3-4,12-14,16H2,1-2H3,(H,25,29). The first kappa shape index (κ1) is 24.2. The number of carbonyl (C=O) groups is 2. The van der Waals surface area contributed by atoms with E-state index in [1.165, 1.54) is 16.4 Å². The maximum atomic E-state index is 12.9. The van der Waals surface area contributed by atoms with Gasteiger partial charge < -0.3 is 10.2 Å². The molecule has 2 amide bonds. The molecule has 1 aliphatic rings. The second-order valence-electron chi connectivity index (χ2n) is 7.70. The number of halogens is 1. The van der Waals surface area contributed by atoms with E-state index in [1.54, 1.807) is 24.8 Å². The summed E-state index contributed by atoms with van der Waals surface area (Å²) in [7, 11) is -3.77. The van der Waals surface area contributed by atoms with E-state index in [-0.39, 0.29) is 28.2 Å². The van der Waals surface area contributed by atoms with Gasteiger partial charge in [-0.3, -0.25) is 9.59 Å². The van der Waals surface area contributed by atoms with Gasteiger partial charge in [0.2, 0.25) is 21.8 Å². The number of likely N-dealkylation sites (tertiary alicyclic amines) is 1. The molecule has 0 aliphatic carbocycles. The Hall–Kier alpha value is -2.42. The summed E-state index contributed by atoms with van der Waals surface area (Å²) in [6.45, 7) is 5.03. The number of nitrogens with zero attached hydrogens (tertiary/aromatic N) is 2. The second kappa shape index (κ2) is 10.5. The first-order valence-corrected chi connectivity index (χ1v) is 12.5. The number of carbonyl (C=O) groups excluding carboxylic acids is 2. The molecule has 1 heterocycles. The van der Waals surface area contributed by atoms with Crippen molar-refractivity contribution in [3.8, 4) is 0 Å². The summed E-state index contributed by atoms with van der Waals surface area (Å²) in [4.78, 5) is 26.8. The SMILES string of the molecule is CCN(CC)S(=O)(=O)c1cc(NC(=O)C2CC(=O)N(CCc3ccccc3)C2)ccc1Cl. The highest BCUT2D eigenvalue weighted by Gasteiger charge is 2.34. The molecule has 1 saturated heterocycles. The molecule has 7 nitrogen and oxygen atoms in total. The molecule has 0 radical (unpaired) electrons. The van der Waals surface area contributed by atoms with Crippen LogP contribution >= 0.6 is 11.6 Å². The van der Waals surface area contributed by atoms with Gasteiger partial charge >= 0.3 is 0 Å². The third-order valence-corrected chi connectivity index (χ3v) is 8.15. The summed E-state index contributed by atoms with van der Waals surface area (Å²) >= 11 is 6.16. The third-order valence-electron chi connectivity index (χ3n) is 5.62. The fraction of sp³-hybridized carbons (Fsp3) is 0.391. The number of amides is 2. The number of nitrogens with one attached hydrogen (secondary N) is 1. The van der Waals surface area contributed by atoms with Crippen molar-refractivity contribution in [1.82, 2.24) is 9.21 Å². The Balaban J connectivity index is 1.66. The van der Waals surface area contributed by atoms with E-state index < -0.39 is 15.9 Å². The number of hydrogen-bond acceptors (Lipinski definition) is 4. The van der Waals surface area contributed by atoms with Gasteiger partial charge in [0.15, 0.2) is 0 Å². The predicted molar refractivity (Wildman–Crippen MR) is 125 cm³/mol. The van der Waals surface area contributed by atoms with Crippen molar-refractivity contribution in [1.29, 1.82) is 0 Å². The largest absolute Gasteiger partial charge is 0.342 e. The lowest BCUT2D eigenvalue weighted by atomic mass is 10.1. The molecule has 1 unspecified atom stereocenters. The topological polar surface area (TPSA) is 86.8 Å². The first-order chi connectivity index (χ1) is 15.3. The van der Waals surface area contributed by atoms with Gasteiger partial charge in [0, 0.05) is 38.3 Å². The molecule has 9 heteroatoms. The lowest BCUT2D eigenvalue weighted by molar-refractivity contribution is -0.128. The monoisotopic (exact) mass is 477 g/mol. The Bertz CT molecular complexity index is 1070. The minimum atomic E-state index is -3.77. The maximum Gasteiger partial charge on any atom is 0.244 e. The Kier molecular flexibility index (Phi) is 7.92. The van der Waals surface area contributed by atoms with Crippen molar-refractivity contribution >= 4 is 39.1 Å². The smallest absolute Gasteiger partial charge is 0.244 e. The number of sulfonamides is 1. The molecular formula is C23H28ClN3O4S. The van der Waals surface area contributed by atoms with Crippen LogP contribution in [0, 0.1) is 5.92 Å². The van der Waals surface area contributed by atoms with Crippen LogP contribution in [-0.2, 0) is 26.0 Å². The zero-order valence-corrected chi connectivity index (χ0v) is 19.8. The Labute approximate surface area is 194 Å². The van der Waals surface area contributed by atoms with E-state index in [9.17, 15) is 18.0 Å². The minimum absolute atomic E-state index is 0.0485. The van der Waals surface area contributed by atoms with Crippen LogP contribution in [0.5, 0.6) is 0 Å². The fourth-order valence-corrected chi connectivity index (χ4v) is 5.76. The van der Waals surface area contributed by atoms with Gasteiger partial charge in [0.05, 0.1) is 10.9 Å². The number of hydrogen-bond donors (Lipinski definition) is 1. The number of anilines is 1. The van der Waals surface area contributed by atoms with Crippen LogP contribution in [0.2, 0.25) is 5.02 Å². The Morgan fingerprint density at radius 3 is 2.50 bits per heavy atom. The highest BCUT2D eigenvalue weighted by atomic mass is 35.5. The van der Waals surface area contributed by atoms with Crippen LogP contribution in [0.4, 0.5) is 5.69 Å². The van der Waals surface area contributed by atoms with Gasteiger partial charge in [0.1, 0.15) is 4.90 Å². The molecule has 1 N–H and O–H groups in total. The van der Waals surface area contributed by atoms with Gasteiger partial charge in [-0.15, -0.1) is 0 Å². The van der Waals surface area contributed by atoms with E-state index in [1.807, 2.05) is 30.3 Å². The Morgan fingerprint density at radius 1 is 1.16 bits per heavy atom. The molecule has 0 bridgehead atoms. The molecular weight excluding hydrogens is 450 g/mol. The van der Waals surface area contributed by atoms with Gasteiger partial charge in [-0.2, -0.15) is 4.31 Å². The highest BCUT2D eigenvalue weighted by molar-refractivity contribution is 7.89. The van der Waals surface area contributed by atoms with Gasteiger partial charge in [-0.1, -0.05) is 55.8 Å². The molecule has 0 spiro atoms. The molecule has 2 aromatic rings. The van der Waals surface area contributed by atoms with Crippen molar-refractivity contribution in [3.05, 3.63) is 59.1 Å². The van der Waals surface area contributed by atoms with Crippen LogP contribution in [0.3, 0.4) is 0 Å². The normalized spacial score (nSPS) is 16.6. The molecule has 3 rings (SSSR count). The number of benzene rings is 2. The molecule has 0 aromatic heterocycles. The molecule has 32 heavy (non-hydrogen) atoms. The summed E-state index contributed by atoms with van der Waals surface area (Å²) in [5, 5.41) is 2.85. The molecule has 1 fully saturated rings. The van der Waals surface area contributed by atoms with Crippen LogP contribution in [-0.4, -0.2) is 55.6 Å². The van der Waals surface area contributed by atoms with Crippen LogP contribution < -0.4 is 5.32 Å². The van der Waals surface area contributed by atoms with Crippen molar-refractivity contribution in [2.45, 2.75) is 31.6 Å². The zero-order chi connectivity index (χ0) is 23.3. The average molecular weight is 478 g/mol. The molecule has 172 valence electrons. The zero-order valence-electron chi connectivity index (χ0n) is 18.3. The molecule has 0 saturated carbocycles. The average Bonchev–Trinajstić information content (AvgIpc) is 3.15. The summed E-state index contributed by atoms with van der Waals surface area (Å²) in [5.74, 6) is -0.854. The summed E-state index contributed by atoms with van der Waals surface area (Å²) in [6, 6.07) is 14.3. The molecule has 2 aromatic carbocycles. The maximum absolute atomic E-state index is 12.9. The lowest BCUT2D eigenvalue weighted by Gasteiger charge is -2.20. The van der Waals surface area contributed by atoms with Crippen molar-refractivity contribution in [2.75, 3.05) is 31.5 Å². The van der Waals surface area contributed by atoms with Crippen LogP contribution in [0.25, 0.3) is 0 Å². The molecule has 1 aliphatic heterocycles. The fourth-order valence-electron chi connectivity index (χ4n) is 3.80. The van der Waals surface area contributed by atoms with E-state index in [0.29, 0.717) is 31.9 Å². The van der Waals surface area contributed by atoms with Gasteiger partial charge in [0.25, 0.3) is 0 Å². The van der Waals surface area contributed by atoms with Crippen molar-refractivity contribution in [2.24, 2.45) is 5.92 Å². The van der Waals surface area contributed by atoms with Crippen LogP contribution in [0.15, 0.2) is 53.4 Å². The van der Waals surface area contributed by atoms with E-state index in [2.05, 4.69) is 5.32 Å². The second-order valence-corrected chi connectivity index (χ2v) is 10.0. The quantitative estimate of drug-likeness (QED) is 0.599. The van der Waals surface area contributed by atoms with E-state index >= 15 is 0 Å². The van der Waals surface area contributed by atoms with Gasteiger partial charge in [-0.05, 0) is 30.2 Å². The Morgan fingerprint density at radius 2 is 1.84 bits per heavy atom. The van der Waals surface area contributed by atoms with Crippen molar-refractivity contribution < 1.29 is 18.0 Å². The molecule has 1 atom stereocenters. The summed E-state index contributed by atoms with van der Waals surface area (Å²) in [5.41, 5.74) is 1.47. The van der Waals surface area contributed by atoms with E-state index in [0.717, 1.165) is 12.0 Å². The number of rotatable bonds is 9. The first-order valence-electron chi connectivity index (χ1n) is 10.7. The summed E-state index contributed by atoms with van der Waals surface area (Å²) in [6.07, 6.45) is 0.865. The lowest BCUT2D eigenvalue weighted by Crippen LogP contribution is -2.31. The van der Waals surface area contributed by atoms with E-state index in [4.69, 9.17) is 11.6 Å². The highest BCUT2D eigenvalue weighted by Crippen LogP contribution is 2.28.